The first-order chi connectivity index (χ1) is 13.7. The first-order valence-electron chi connectivity index (χ1n) is 10.4. The van der Waals surface area contributed by atoms with Crippen molar-refractivity contribution in [1.29, 1.82) is 0 Å². The Balaban J connectivity index is 1.93. The minimum absolute atomic E-state index is 0.115. The van der Waals surface area contributed by atoms with Crippen LogP contribution in [0, 0.1) is 20.8 Å². The minimum Gasteiger partial charge on any atom is -0.464 e. The highest BCUT2D eigenvalue weighted by molar-refractivity contribution is 5.93. The maximum Gasteiger partial charge on any atom is 0.328 e. The molecule has 1 aromatic carbocycles. The predicted octanol–water partition coefficient (Wildman–Crippen LogP) is 1.01. The molecule has 1 saturated heterocycles. The van der Waals surface area contributed by atoms with Gasteiger partial charge < -0.3 is 19.9 Å². The lowest BCUT2D eigenvalue weighted by Gasteiger charge is -2.34. The van der Waals surface area contributed by atoms with Crippen LogP contribution in [-0.2, 0) is 19.1 Å². The van der Waals surface area contributed by atoms with Gasteiger partial charge in [0.15, 0.2) is 13.1 Å². The summed E-state index contributed by atoms with van der Waals surface area (Å²) in [6.45, 7) is 8.94. The highest BCUT2D eigenvalue weighted by atomic mass is 16.5. The second-order valence-electron chi connectivity index (χ2n) is 7.98. The number of rotatable bonds is 7. The van der Waals surface area contributed by atoms with E-state index in [1.165, 1.54) is 0 Å². The van der Waals surface area contributed by atoms with E-state index in [1.54, 1.807) is 11.8 Å². The standard InChI is InChI=1S/C22H33N3O4/c1-6-29-22(28)18-9-7-8-10-25(18)20(27)14-24(5)13-19(26)23-21-16(3)11-15(2)12-17(21)4/h11-12,18H,6-10,13-14H2,1-5H3,(H,23,26)/p+1/t18-/m0/s1. The second-order valence-corrected chi connectivity index (χ2v) is 7.98. The molecule has 2 amide bonds. The van der Waals surface area contributed by atoms with E-state index in [0.29, 0.717) is 19.6 Å². The summed E-state index contributed by atoms with van der Waals surface area (Å²) in [5.74, 6) is -0.581. The van der Waals surface area contributed by atoms with Crippen molar-refractivity contribution in [1.82, 2.24) is 4.90 Å². The summed E-state index contributed by atoms with van der Waals surface area (Å²) in [6.07, 6.45) is 2.43. The zero-order valence-corrected chi connectivity index (χ0v) is 18.3. The number of ether oxygens (including phenoxy) is 1. The van der Waals surface area contributed by atoms with Crippen LogP contribution in [0.15, 0.2) is 12.1 Å². The van der Waals surface area contributed by atoms with Crippen LogP contribution in [0.1, 0.15) is 42.9 Å². The molecule has 1 unspecified atom stereocenters. The number of amides is 2. The first kappa shape index (κ1) is 22.9. The number of likely N-dealkylation sites (tertiary alicyclic amines) is 1. The molecule has 1 aliphatic rings. The lowest BCUT2D eigenvalue weighted by molar-refractivity contribution is -0.862. The van der Waals surface area contributed by atoms with Crippen molar-refractivity contribution in [3.63, 3.8) is 0 Å². The lowest BCUT2D eigenvalue weighted by Crippen LogP contribution is -3.11. The van der Waals surface area contributed by atoms with Gasteiger partial charge in [0.05, 0.1) is 13.7 Å². The van der Waals surface area contributed by atoms with Crippen molar-refractivity contribution in [3.8, 4) is 0 Å². The number of anilines is 1. The van der Waals surface area contributed by atoms with Gasteiger partial charge in [0.25, 0.3) is 11.8 Å². The molecule has 0 saturated carbocycles. The summed E-state index contributed by atoms with van der Waals surface area (Å²) in [4.78, 5) is 39.9. The van der Waals surface area contributed by atoms with Gasteiger partial charge in [-0.3, -0.25) is 9.59 Å². The Labute approximate surface area is 173 Å². The van der Waals surface area contributed by atoms with E-state index < -0.39 is 6.04 Å². The van der Waals surface area contributed by atoms with Crippen LogP contribution < -0.4 is 10.2 Å². The van der Waals surface area contributed by atoms with E-state index >= 15 is 0 Å². The van der Waals surface area contributed by atoms with E-state index in [0.717, 1.165) is 40.1 Å². The van der Waals surface area contributed by atoms with Gasteiger partial charge in [0, 0.05) is 12.2 Å². The third-order valence-corrected chi connectivity index (χ3v) is 5.24. The Kier molecular flexibility index (Phi) is 8.20. The predicted molar refractivity (Wildman–Crippen MR) is 112 cm³/mol. The number of carbonyl (C=O) groups is 3. The fourth-order valence-electron chi connectivity index (χ4n) is 3.97. The number of aryl methyl sites for hydroxylation is 3. The van der Waals surface area contributed by atoms with Crippen molar-refractivity contribution in [2.24, 2.45) is 0 Å². The van der Waals surface area contributed by atoms with Crippen LogP contribution in [0.3, 0.4) is 0 Å². The van der Waals surface area contributed by atoms with Gasteiger partial charge in [0.2, 0.25) is 0 Å². The SMILES string of the molecule is CCOC(=O)[C@@H]1CCCCN1C(=O)C[NH+](C)CC(=O)Nc1c(C)cc(C)cc1C. The number of likely N-dealkylation sites (N-methyl/N-ethyl adjacent to an activating group) is 1. The Bertz CT molecular complexity index is 739. The maximum atomic E-state index is 12.8. The number of nitrogens with zero attached hydrogens (tertiary/aromatic N) is 1. The number of benzene rings is 1. The average molecular weight is 405 g/mol. The summed E-state index contributed by atoms with van der Waals surface area (Å²) in [6, 6.07) is 3.57. The van der Waals surface area contributed by atoms with Gasteiger partial charge in [-0.1, -0.05) is 17.7 Å². The minimum atomic E-state index is -0.504. The van der Waals surface area contributed by atoms with E-state index in [1.807, 2.05) is 40.0 Å². The lowest BCUT2D eigenvalue weighted by atomic mass is 10.0. The molecule has 7 heteroatoms. The topological polar surface area (TPSA) is 80.2 Å². The molecule has 2 N–H and O–H groups in total. The molecule has 1 heterocycles. The van der Waals surface area contributed by atoms with Gasteiger partial charge in [0.1, 0.15) is 6.04 Å². The Morgan fingerprint density at radius 3 is 2.41 bits per heavy atom. The highest BCUT2D eigenvalue weighted by Crippen LogP contribution is 2.21. The zero-order chi connectivity index (χ0) is 21.6. The van der Waals surface area contributed by atoms with Crippen LogP contribution in [-0.4, -0.2) is 62.0 Å². The van der Waals surface area contributed by atoms with Crippen molar-refractivity contribution in [2.75, 3.05) is 38.6 Å². The Morgan fingerprint density at radius 1 is 1.14 bits per heavy atom. The van der Waals surface area contributed by atoms with E-state index in [9.17, 15) is 14.4 Å². The summed E-state index contributed by atoms with van der Waals surface area (Å²) >= 11 is 0. The van der Waals surface area contributed by atoms with Crippen LogP contribution in [0.25, 0.3) is 0 Å². The summed E-state index contributed by atoms with van der Waals surface area (Å²) in [5, 5.41) is 2.97. The largest absolute Gasteiger partial charge is 0.464 e. The van der Waals surface area contributed by atoms with Gasteiger partial charge in [-0.2, -0.15) is 0 Å². The van der Waals surface area contributed by atoms with Crippen LogP contribution in [0.4, 0.5) is 5.69 Å². The second kappa shape index (κ2) is 10.4. The maximum absolute atomic E-state index is 12.8. The van der Waals surface area contributed by atoms with Gasteiger partial charge >= 0.3 is 5.97 Å². The monoisotopic (exact) mass is 404 g/mol. The molecule has 160 valence electrons. The Hall–Kier alpha value is -2.41. The van der Waals surface area contributed by atoms with E-state index in [4.69, 9.17) is 4.74 Å². The Morgan fingerprint density at radius 2 is 1.79 bits per heavy atom. The average Bonchev–Trinajstić information content (AvgIpc) is 2.64. The molecular formula is C22H34N3O4+. The third kappa shape index (κ3) is 6.29. The number of hydrogen-bond acceptors (Lipinski definition) is 4. The fraction of sp³-hybridized carbons (Fsp3) is 0.591. The summed E-state index contributed by atoms with van der Waals surface area (Å²) < 4.78 is 5.12. The molecule has 0 bridgehead atoms. The quantitative estimate of drug-likeness (QED) is 0.665. The molecule has 0 aromatic heterocycles. The van der Waals surface area contributed by atoms with Crippen molar-refractivity contribution in [3.05, 3.63) is 28.8 Å². The molecule has 2 atom stereocenters. The third-order valence-electron chi connectivity index (χ3n) is 5.24. The number of quaternary nitrogens is 1. The summed E-state index contributed by atoms with van der Waals surface area (Å²) in [7, 11) is 1.82. The van der Waals surface area contributed by atoms with Crippen molar-refractivity contribution in [2.45, 2.75) is 53.0 Å². The molecule has 0 radical (unpaired) electrons. The molecule has 7 nitrogen and oxygen atoms in total. The van der Waals surface area contributed by atoms with Gasteiger partial charge in [-0.05, 0) is 58.1 Å². The van der Waals surface area contributed by atoms with Crippen molar-refractivity contribution >= 4 is 23.5 Å². The van der Waals surface area contributed by atoms with Gasteiger partial charge in [-0.25, -0.2) is 4.79 Å². The van der Waals surface area contributed by atoms with Crippen LogP contribution >= 0.6 is 0 Å². The molecular weight excluding hydrogens is 370 g/mol. The van der Waals surface area contributed by atoms with Crippen molar-refractivity contribution < 1.29 is 24.0 Å². The summed E-state index contributed by atoms with van der Waals surface area (Å²) in [5.41, 5.74) is 4.03. The molecule has 2 rings (SSSR count). The molecule has 0 aliphatic carbocycles. The normalized spacial score (nSPS) is 17.6. The van der Waals surface area contributed by atoms with Crippen LogP contribution in [0.2, 0.25) is 0 Å². The number of carbonyl (C=O) groups excluding carboxylic acids is 3. The zero-order valence-electron chi connectivity index (χ0n) is 18.3. The number of nitrogens with one attached hydrogen (secondary N) is 2. The molecule has 0 spiro atoms. The van der Waals surface area contributed by atoms with Crippen LogP contribution in [0.5, 0.6) is 0 Å². The number of esters is 1. The highest BCUT2D eigenvalue weighted by Gasteiger charge is 2.34. The molecule has 1 aromatic rings. The fourth-order valence-corrected chi connectivity index (χ4v) is 3.97. The molecule has 1 fully saturated rings. The smallest absolute Gasteiger partial charge is 0.328 e. The number of hydrogen-bond donors (Lipinski definition) is 2. The van der Waals surface area contributed by atoms with E-state index in [-0.39, 0.29) is 30.9 Å². The number of piperidine rings is 1. The van der Waals surface area contributed by atoms with Gasteiger partial charge in [-0.15, -0.1) is 0 Å². The van der Waals surface area contributed by atoms with E-state index in [2.05, 4.69) is 5.32 Å². The first-order valence-corrected chi connectivity index (χ1v) is 10.4. The molecule has 29 heavy (non-hydrogen) atoms. The molecule has 1 aliphatic heterocycles.